The molecular weight excluding hydrogens is 306 g/mol. The Hall–Kier alpha value is -2.89. The summed E-state index contributed by atoms with van der Waals surface area (Å²) in [6.45, 7) is 0.721. The molecule has 0 unspecified atom stereocenters. The summed E-state index contributed by atoms with van der Waals surface area (Å²) in [4.78, 5) is 30.3. The van der Waals surface area contributed by atoms with Crippen LogP contribution >= 0.6 is 0 Å². The third-order valence-electron chi connectivity index (χ3n) is 3.91. The predicted molar refractivity (Wildman–Crippen MR) is 89.2 cm³/mol. The minimum Gasteiger partial charge on any atom is -0.445 e. The van der Waals surface area contributed by atoms with Crippen molar-refractivity contribution in [1.29, 1.82) is 0 Å². The molecule has 124 valence electrons. The van der Waals surface area contributed by atoms with Crippen molar-refractivity contribution in [3.63, 3.8) is 0 Å². The average molecular weight is 325 g/mol. The van der Waals surface area contributed by atoms with Gasteiger partial charge in [-0.05, 0) is 30.5 Å². The number of aromatic nitrogens is 1. The van der Waals surface area contributed by atoms with Gasteiger partial charge >= 0.3 is 6.09 Å². The van der Waals surface area contributed by atoms with Crippen molar-refractivity contribution in [3.05, 3.63) is 60.3 Å². The third-order valence-corrected chi connectivity index (χ3v) is 3.91. The molecule has 6 heteroatoms. The second-order valence-electron chi connectivity index (χ2n) is 5.60. The summed E-state index contributed by atoms with van der Waals surface area (Å²) in [5.74, 6) is 0.245. The number of anilines is 1. The minimum atomic E-state index is -0.518. The Balaban J connectivity index is 1.58. The smallest absolute Gasteiger partial charge is 0.410 e. The number of nitrogens with zero attached hydrogens (tertiary/aromatic N) is 2. The molecule has 2 amide bonds. The van der Waals surface area contributed by atoms with Crippen molar-refractivity contribution in [2.45, 2.75) is 25.5 Å². The van der Waals surface area contributed by atoms with Gasteiger partial charge in [0.2, 0.25) is 5.91 Å². The second-order valence-corrected chi connectivity index (χ2v) is 5.60. The monoisotopic (exact) mass is 325 g/mol. The lowest BCUT2D eigenvalue weighted by Gasteiger charge is -2.23. The molecule has 2 aromatic rings. The molecule has 3 rings (SSSR count). The Morgan fingerprint density at radius 1 is 1.17 bits per heavy atom. The fraction of sp³-hybridized carbons (Fsp3) is 0.278. The van der Waals surface area contributed by atoms with Crippen LogP contribution in [0.2, 0.25) is 0 Å². The van der Waals surface area contributed by atoms with E-state index in [0.29, 0.717) is 18.8 Å². The average Bonchev–Trinajstić information content (AvgIpc) is 3.11. The van der Waals surface area contributed by atoms with E-state index >= 15 is 0 Å². The normalized spacial score (nSPS) is 16.7. The largest absolute Gasteiger partial charge is 0.445 e. The molecule has 6 nitrogen and oxygen atoms in total. The van der Waals surface area contributed by atoms with E-state index in [4.69, 9.17) is 4.74 Å². The van der Waals surface area contributed by atoms with Crippen LogP contribution in [0.15, 0.2) is 54.7 Å². The topological polar surface area (TPSA) is 71.5 Å². The molecule has 1 atom stereocenters. The number of ether oxygens (including phenoxy) is 1. The molecule has 24 heavy (non-hydrogen) atoms. The summed E-state index contributed by atoms with van der Waals surface area (Å²) < 4.78 is 5.33. The molecule has 2 heterocycles. The summed E-state index contributed by atoms with van der Waals surface area (Å²) in [6.07, 6.45) is 2.55. The maximum atomic E-state index is 12.4. The summed E-state index contributed by atoms with van der Waals surface area (Å²) in [5.41, 5.74) is 0.916. The minimum absolute atomic E-state index is 0.199. The number of carbonyl (C=O) groups excluding carboxylic acids is 2. The van der Waals surface area contributed by atoms with E-state index < -0.39 is 12.1 Å². The van der Waals surface area contributed by atoms with Crippen molar-refractivity contribution in [1.82, 2.24) is 9.88 Å². The van der Waals surface area contributed by atoms with Crippen LogP contribution < -0.4 is 5.32 Å². The fourth-order valence-corrected chi connectivity index (χ4v) is 2.71. The van der Waals surface area contributed by atoms with Gasteiger partial charge in [-0.1, -0.05) is 36.4 Å². The highest BCUT2D eigenvalue weighted by atomic mass is 16.6. The lowest BCUT2D eigenvalue weighted by Crippen LogP contribution is -2.43. The van der Waals surface area contributed by atoms with E-state index in [1.54, 1.807) is 24.4 Å². The highest BCUT2D eigenvalue weighted by molar-refractivity contribution is 5.96. The quantitative estimate of drug-likeness (QED) is 0.938. The van der Waals surface area contributed by atoms with Crippen LogP contribution in [0.4, 0.5) is 10.6 Å². The number of benzene rings is 1. The molecule has 0 aliphatic carbocycles. The zero-order chi connectivity index (χ0) is 16.8. The van der Waals surface area contributed by atoms with Gasteiger partial charge in [0.15, 0.2) is 0 Å². The van der Waals surface area contributed by atoms with Gasteiger partial charge in [-0.3, -0.25) is 9.69 Å². The van der Waals surface area contributed by atoms with Gasteiger partial charge in [0, 0.05) is 12.7 Å². The van der Waals surface area contributed by atoms with Crippen LogP contribution in [0, 0.1) is 0 Å². The van der Waals surface area contributed by atoms with Crippen LogP contribution in [0.3, 0.4) is 0 Å². The molecule has 0 spiro atoms. The Kier molecular flexibility index (Phi) is 5.05. The van der Waals surface area contributed by atoms with E-state index in [9.17, 15) is 9.59 Å². The summed E-state index contributed by atoms with van der Waals surface area (Å²) in [7, 11) is 0. The van der Waals surface area contributed by atoms with Crippen LogP contribution in [-0.4, -0.2) is 34.5 Å². The first kappa shape index (κ1) is 16.0. The van der Waals surface area contributed by atoms with Gasteiger partial charge in [0.25, 0.3) is 0 Å². The number of pyridine rings is 1. The molecule has 0 bridgehead atoms. The van der Waals surface area contributed by atoms with E-state index in [0.717, 1.165) is 12.0 Å². The maximum Gasteiger partial charge on any atom is 0.410 e. The zero-order valence-corrected chi connectivity index (χ0v) is 13.2. The van der Waals surface area contributed by atoms with Crippen LogP contribution in [0.1, 0.15) is 18.4 Å². The molecule has 1 saturated heterocycles. The third kappa shape index (κ3) is 3.90. The van der Waals surface area contributed by atoms with Gasteiger partial charge < -0.3 is 10.1 Å². The predicted octanol–water partition coefficient (Wildman–Crippen LogP) is 2.82. The van der Waals surface area contributed by atoms with Crippen LogP contribution in [0.25, 0.3) is 0 Å². The van der Waals surface area contributed by atoms with Crippen LogP contribution in [-0.2, 0) is 16.1 Å². The van der Waals surface area contributed by atoms with Gasteiger partial charge in [0.05, 0.1) is 0 Å². The standard InChI is InChI=1S/C18H19N3O3/c22-17(20-16-10-4-5-11-19-16)15-9-6-12-21(15)18(23)24-13-14-7-2-1-3-8-14/h1-5,7-8,10-11,15H,6,9,12-13H2,(H,19,20,22)/t15-/m0/s1. The lowest BCUT2D eigenvalue weighted by molar-refractivity contribution is -0.120. The number of nitrogens with one attached hydrogen (secondary N) is 1. The molecule has 1 N–H and O–H groups in total. The Morgan fingerprint density at radius 3 is 2.71 bits per heavy atom. The maximum absolute atomic E-state index is 12.4. The summed E-state index contributed by atoms with van der Waals surface area (Å²) in [6, 6.07) is 14.2. The van der Waals surface area contributed by atoms with E-state index in [-0.39, 0.29) is 12.5 Å². The molecule has 1 fully saturated rings. The number of carbonyl (C=O) groups is 2. The summed E-state index contributed by atoms with van der Waals surface area (Å²) >= 11 is 0. The molecule has 0 radical (unpaired) electrons. The highest BCUT2D eigenvalue weighted by Crippen LogP contribution is 2.20. The number of amides is 2. The van der Waals surface area contributed by atoms with Crippen molar-refractivity contribution < 1.29 is 14.3 Å². The molecule has 1 aromatic carbocycles. The van der Waals surface area contributed by atoms with Gasteiger partial charge in [-0.25, -0.2) is 9.78 Å². The first-order chi connectivity index (χ1) is 11.7. The molecule has 1 aromatic heterocycles. The second kappa shape index (κ2) is 7.59. The van der Waals surface area contributed by atoms with Crippen molar-refractivity contribution in [2.24, 2.45) is 0 Å². The van der Waals surface area contributed by atoms with Crippen LogP contribution in [0.5, 0.6) is 0 Å². The Bertz CT molecular complexity index is 691. The Labute approximate surface area is 140 Å². The first-order valence-corrected chi connectivity index (χ1v) is 7.93. The number of hydrogen-bond donors (Lipinski definition) is 1. The van der Waals surface area contributed by atoms with Crippen molar-refractivity contribution >= 4 is 17.8 Å². The van der Waals surface area contributed by atoms with Crippen molar-refractivity contribution in [2.75, 3.05) is 11.9 Å². The van der Waals surface area contributed by atoms with E-state index in [1.807, 2.05) is 30.3 Å². The molecule has 0 saturated carbocycles. The number of rotatable bonds is 4. The lowest BCUT2D eigenvalue weighted by atomic mass is 10.2. The van der Waals surface area contributed by atoms with Gasteiger partial charge in [-0.2, -0.15) is 0 Å². The van der Waals surface area contributed by atoms with Crippen molar-refractivity contribution in [3.8, 4) is 0 Å². The SMILES string of the molecule is O=C(Nc1ccccn1)[C@@H]1CCCN1C(=O)OCc1ccccc1. The summed E-state index contributed by atoms with van der Waals surface area (Å²) in [5, 5.41) is 2.74. The van der Waals surface area contributed by atoms with Gasteiger partial charge in [-0.15, -0.1) is 0 Å². The van der Waals surface area contributed by atoms with E-state index in [2.05, 4.69) is 10.3 Å². The van der Waals surface area contributed by atoms with Gasteiger partial charge in [0.1, 0.15) is 18.5 Å². The molecule has 1 aliphatic heterocycles. The first-order valence-electron chi connectivity index (χ1n) is 7.93. The number of likely N-dealkylation sites (tertiary alicyclic amines) is 1. The fourth-order valence-electron chi connectivity index (χ4n) is 2.71. The Morgan fingerprint density at radius 2 is 1.96 bits per heavy atom. The zero-order valence-electron chi connectivity index (χ0n) is 13.2. The van der Waals surface area contributed by atoms with E-state index in [1.165, 1.54) is 4.90 Å². The highest BCUT2D eigenvalue weighted by Gasteiger charge is 2.35. The number of hydrogen-bond acceptors (Lipinski definition) is 4. The molecule has 1 aliphatic rings. The molecular formula is C18H19N3O3.